The van der Waals surface area contributed by atoms with Crippen LogP contribution in [0, 0.1) is 0 Å². The fraction of sp³-hybridized carbons (Fsp3) is 0. The van der Waals surface area contributed by atoms with E-state index in [1.165, 1.54) is 12.3 Å². The lowest BCUT2D eigenvalue weighted by atomic mass is 10.4. The van der Waals surface area contributed by atoms with Crippen LogP contribution in [0.3, 0.4) is 0 Å². The number of carbonyl (C=O) groups excluding carboxylic acids is 1. The van der Waals surface area contributed by atoms with Gasteiger partial charge in [-0.05, 0) is 18.2 Å². The van der Waals surface area contributed by atoms with E-state index in [2.05, 4.69) is 0 Å². The molecule has 0 saturated carbocycles. The summed E-state index contributed by atoms with van der Waals surface area (Å²) in [5, 5.41) is 9.85. The van der Waals surface area contributed by atoms with Crippen molar-refractivity contribution >= 4 is 12.0 Å². The summed E-state index contributed by atoms with van der Waals surface area (Å²) in [5.41, 5.74) is 0. The minimum Gasteiger partial charge on any atom is -0.465 e. The first-order chi connectivity index (χ1) is 4.79. The van der Waals surface area contributed by atoms with E-state index in [1.807, 2.05) is 0 Å². The van der Waals surface area contributed by atoms with Crippen molar-refractivity contribution in [2.24, 2.45) is 0 Å². The van der Waals surface area contributed by atoms with Crippen molar-refractivity contribution in [1.82, 2.24) is 0 Å². The molecule has 1 aromatic rings. The normalized spacial score (nSPS) is 10.4. The molecule has 0 bridgehead atoms. The first kappa shape index (κ1) is 6.61. The van der Waals surface area contributed by atoms with E-state index in [0.29, 0.717) is 5.76 Å². The molecule has 0 atom stereocenters. The summed E-state index contributed by atoms with van der Waals surface area (Å²) in [5.74, 6) is -0.722. The van der Waals surface area contributed by atoms with Gasteiger partial charge in [-0.3, -0.25) is 0 Å². The van der Waals surface area contributed by atoms with Crippen molar-refractivity contribution in [2.45, 2.75) is 0 Å². The third-order valence-electron chi connectivity index (χ3n) is 0.927. The minimum absolute atomic E-state index is 0.504. The van der Waals surface area contributed by atoms with Crippen LogP contribution >= 0.6 is 0 Å². The average molecular weight is 137 g/mol. The largest absolute Gasteiger partial charge is 0.465 e. The van der Waals surface area contributed by atoms with E-state index in [0.717, 1.165) is 6.08 Å². The van der Waals surface area contributed by atoms with Gasteiger partial charge in [-0.15, -0.1) is 0 Å². The van der Waals surface area contributed by atoms with E-state index in [9.17, 15) is 9.90 Å². The molecule has 0 saturated heterocycles. The third kappa shape index (κ3) is 1.78. The van der Waals surface area contributed by atoms with Gasteiger partial charge in [-0.25, -0.2) is 9.90 Å². The van der Waals surface area contributed by atoms with Crippen molar-refractivity contribution in [3.8, 4) is 0 Å². The predicted octanol–water partition coefficient (Wildman–Crippen LogP) is 1.25. The number of carbonyl (C=O) groups is 1. The molecule has 0 N–H and O–H groups in total. The van der Waals surface area contributed by atoms with Crippen LogP contribution in [0.1, 0.15) is 5.76 Å². The topological polar surface area (TPSA) is 50.1 Å². The molecule has 0 aromatic carbocycles. The maximum atomic E-state index is 9.85. The Hall–Kier alpha value is -1.51. The lowest BCUT2D eigenvalue weighted by Crippen LogP contribution is -1.81. The van der Waals surface area contributed by atoms with E-state index >= 15 is 0 Å². The molecule has 0 aliphatic rings. The predicted molar refractivity (Wildman–Crippen MR) is 33.4 cm³/mol. The lowest BCUT2D eigenvalue weighted by molar-refractivity contribution is -0.137. The zero-order valence-corrected chi connectivity index (χ0v) is 5.11. The highest BCUT2D eigenvalue weighted by Gasteiger charge is 1.91. The van der Waals surface area contributed by atoms with Crippen LogP contribution in [0.25, 0.3) is 6.08 Å². The molecule has 1 radical (unpaired) electrons. The van der Waals surface area contributed by atoms with Crippen LogP contribution in [0.15, 0.2) is 28.9 Å². The van der Waals surface area contributed by atoms with Gasteiger partial charge in [-0.1, -0.05) is 0 Å². The summed E-state index contributed by atoms with van der Waals surface area (Å²) in [6.45, 7) is 0. The van der Waals surface area contributed by atoms with Gasteiger partial charge >= 0.3 is 5.97 Å². The lowest BCUT2D eigenvalue weighted by Gasteiger charge is -1.77. The van der Waals surface area contributed by atoms with Gasteiger partial charge in [0.2, 0.25) is 0 Å². The van der Waals surface area contributed by atoms with Gasteiger partial charge in [0.25, 0.3) is 0 Å². The SMILES string of the molecule is [O]C(=O)C=Cc1ccco1. The monoisotopic (exact) mass is 137 g/mol. The molecule has 51 valence electrons. The zero-order valence-electron chi connectivity index (χ0n) is 5.11. The van der Waals surface area contributed by atoms with Crippen molar-refractivity contribution in [2.75, 3.05) is 0 Å². The number of rotatable bonds is 2. The van der Waals surface area contributed by atoms with Gasteiger partial charge < -0.3 is 4.42 Å². The summed E-state index contributed by atoms with van der Waals surface area (Å²) >= 11 is 0. The molecule has 1 aromatic heterocycles. The minimum atomic E-state index is -1.23. The highest BCUT2D eigenvalue weighted by molar-refractivity contribution is 5.84. The standard InChI is InChI=1S/C7H5O3/c8-7(9)4-3-6-2-1-5-10-6/h1-5H. The zero-order chi connectivity index (χ0) is 7.40. The van der Waals surface area contributed by atoms with Crippen molar-refractivity contribution in [1.29, 1.82) is 0 Å². The Kier molecular flexibility index (Phi) is 1.89. The maximum Gasteiger partial charge on any atom is 0.379 e. The summed E-state index contributed by atoms with van der Waals surface area (Å²) < 4.78 is 4.81. The first-order valence-corrected chi connectivity index (χ1v) is 2.71. The first-order valence-electron chi connectivity index (χ1n) is 2.71. The summed E-state index contributed by atoms with van der Waals surface area (Å²) in [6, 6.07) is 3.33. The number of hydrogen-bond acceptors (Lipinski definition) is 2. The third-order valence-corrected chi connectivity index (χ3v) is 0.927. The fourth-order valence-corrected chi connectivity index (χ4v) is 0.536. The van der Waals surface area contributed by atoms with E-state index in [-0.39, 0.29) is 0 Å². The molecule has 0 fully saturated rings. The van der Waals surface area contributed by atoms with Gasteiger partial charge in [0, 0.05) is 6.08 Å². The molecule has 10 heavy (non-hydrogen) atoms. The Bertz CT molecular complexity index is 233. The second-order valence-electron chi connectivity index (χ2n) is 1.67. The average Bonchev–Trinajstić information content (AvgIpc) is 2.34. The Morgan fingerprint density at radius 2 is 2.40 bits per heavy atom. The molecule has 0 amide bonds. The molecule has 1 heterocycles. The molecular formula is C7H5O3. The maximum absolute atomic E-state index is 9.85. The Labute approximate surface area is 57.6 Å². The smallest absolute Gasteiger partial charge is 0.379 e. The summed E-state index contributed by atoms with van der Waals surface area (Å²) in [6.07, 6.45) is 3.71. The second-order valence-corrected chi connectivity index (χ2v) is 1.67. The van der Waals surface area contributed by atoms with E-state index in [1.54, 1.807) is 12.1 Å². The molecule has 0 spiro atoms. The fourth-order valence-electron chi connectivity index (χ4n) is 0.536. The van der Waals surface area contributed by atoms with Crippen molar-refractivity contribution in [3.05, 3.63) is 30.2 Å². The molecule has 0 aliphatic heterocycles. The van der Waals surface area contributed by atoms with E-state index < -0.39 is 5.97 Å². The van der Waals surface area contributed by atoms with Crippen LogP contribution < -0.4 is 0 Å². The number of hydrogen-bond donors (Lipinski definition) is 0. The van der Waals surface area contributed by atoms with E-state index in [4.69, 9.17) is 4.42 Å². The van der Waals surface area contributed by atoms with Crippen LogP contribution in [-0.4, -0.2) is 5.97 Å². The van der Waals surface area contributed by atoms with Crippen molar-refractivity contribution < 1.29 is 14.3 Å². The van der Waals surface area contributed by atoms with Crippen LogP contribution in [0.5, 0.6) is 0 Å². The second kappa shape index (κ2) is 2.87. The summed E-state index contributed by atoms with van der Waals surface area (Å²) in [7, 11) is 0. The van der Waals surface area contributed by atoms with Crippen LogP contribution in [-0.2, 0) is 9.90 Å². The molecule has 0 unspecified atom stereocenters. The Morgan fingerprint density at radius 3 is 2.90 bits per heavy atom. The van der Waals surface area contributed by atoms with Gasteiger partial charge in [-0.2, -0.15) is 0 Å². The Balaban J connectivity index is 2.64. The number of furan rings is 1. The quantitative estimate of drug-likeness (QED) is 0.576. The Morgan fingerprint density at radius 1 is 1.60 bits per heavy atom. The molecule has 3 nitrogen and oxygen atoms in total. The van der Waals surface area contributed by atoms with Crippen LogP contribution in [0.4, 0.5) is 0 Å². The molecule has 0 aliphatic carbocycles. The molecule has 3 heteroatoms. The van der Waals surface area contributed by atoms with Gasteiger partial charge in [0.05, 0.1) is 6.26 Å². The van der Waals surface area contributed by atoms with Gasteiger partial charge in [0.1, 0.15) is 5.76 Å². The van der Waals surface area contributed by atoms with Gasteiger partial charge in [0.15, 0.2) is 0 Å². The highest BCUT2D eigenvalue weighted by atomic mass is 16.4. The summed E-state index contributed by atoms with van der Waals surface area (Å²) in [4.78, 5) is 9.85. The van der Waals surface area contributed by atoms with Crippen LogP contribution in [0.2, 0.25) is 0 Å². The molecule has 1 rings (SSSR count). The molecular weight excluding hydrogens is 132 g/mol. The highest BCUT2D eigenvalue weighted by Crippen LogP contribution is 2.01. The van der Waals surface area contributed by atoms with Crippen molar-refractivity contribution in [3.63, 3.8) is 0 Å².